The van der Waals surface area contributed by atoms with Gasteiger partial charge >= 0.3 is 0 Å². The Morgan fingerprint density at radius 2 is 1.83 bits per heavy atom. The van der Waals surface area contributed by atoms with Gasteiger partial charge in [-0.1, -0.05) is 6.07 Å². The Hall–Kier alpha value is -3.14. The number of amides is 1. The SMILES string of the molecule is Cc1c(N(CC(=O)Nc2ccc(OC(C)C)cc2)S(C)(=O)=O)cccc1[N+](=O)[O-]. The molecule has 0 unspecified atom stereocenters. The average molecular weight is 421 g/mol. The van der Waals surface area contributed by atoms with Gasteiger partial charge in [-0.3, -0.25) is 19.2 Å². The zero-order chi connectivity index (χ0) is 21.8. The Bertz CT molecular complexity index is 1000. The molecular weight excluding hydrogens is 398 g/mol. The van der Waals surface area contributed by atoms with Gasteiger partial charge < -0.3 is 10.1 Å². The first-order valence-corrected chi connectivity index (χ1v) is 10.6. The van der Waals surface area contributed by atoms with E-state index in [2.05, 4.69) is 5.32 Å². The number of anilines is 2. The summed E-state index contributed by atoms with van der Waals surface area (Å²) in [5.41, 5.74) is 0.482. The van der Waals surface area contributed by atoms with Gasteiger partial charge in [0.1, 0.15) is 12.3 Å². The van der Waals surface area contributed by atoms with Crippen LogP contribution in [-0.4, -0.2) is 38.2 Å². The number of carbonyl (C=O) groups excluding carboxylic acids is 1. The van der Waals surface area contributed by atoms with Crippen LogP contribution in [0.15, 0.2) is 42.5 Å². The van der Waals surface area contributed by atoms with Crippen LogP contribution in [0.3, 0.4) is 0 Å². The number of ether oxygens (including phenoxy) is 1. The molecule has 0 aromatic heterocycles. The van der Waals surface area contributed by atoms with Crippen molar-refractivity contribution < 1.29 is 22.9 Å². The molecule has 0 bridgehead atoms. The molecule has 0 aliphatic rings. The molecular formula is C19H23N3O6S. The van der Waals surface area contributed by atoms with Crippen LogP contribution in [0.25, 0.3) is 0 Å². The highest BCUT2D eigenvalue weighted by Gasteiger charge is 2.25. The zero-order valence-electron chi connectivity index (χ0n) is 16.6. The van der Waals surface area contributed by atoms with E-state index in [1.807, 2.05) is 13.8 Å². The van der Waals surface area contributed by atoms with Crippen molar-refractivity contribution in [3.05, 3.63) is 58.1 Å². The van der Waals surface area contributed by atoms with Gasteiger partial charge in [-0.05, 0) is 51.1 Å². The molecule has 9 nitrogen and oxygen atoms in total. The number of rotatable bonds is 8. The van der Waals surface area contributed by atoms with Crippen LogP contribution < -0.4 is 14.4 Å². The van der Waals surface area contributed by atoms with Crippen molar-refractivity contribution in [2.45, 2.75) is 26.9 Å². The van der Waals surface area contributed by atoms with Gasteiger partial charge in [-0.15, -0.1) is 0 Å². The molecule has 0 heterocycles. The maximum Gasteiger partial charge on any atom is 0.274 e. The fraction of sp³-hybridized carbons (Fsp3) is 0.316. The van der Waals surface area contributed by atoms with Crippen molar-refractivity contribution in [2.75, 3.05) is 22.4 Å². The number of carbonyl (C=O) groups is 1. The van der Waals surface area contributed by atoms with Crippen molar-refractivity contribution in [3.63, 3.8) is 0 Å². The minimum absolute atomic E-state index is 0.0110. The zero-order valence-corrected chi connectivity index (χ0v) is 17.4. The number of hydrogen-bond acceptors (Lipinski definition) is 6. The summed E-state index contributed by atoms with van der Waals surface area (Å²) in [4.78, 5) is 23.0. The van der Waals surface area contributed by atoms with Crippen LogP contribution in [0, 0.1) is 17.0 Å². The van der Waals surface area contributed by atoms with Gasteiger partial charge in [-0.2, -0.15) is 0 Å². The van der Waals surface area contributed by atoms with Crippen LogP contribution in [0.5, 0.6) is 5.75 Å². The lowest BCUT2D eigenvalue weighted by Gasteiger charge is -2.23. The third-order valence-corrected chi connectivity index (χ3v) is 5.07. The largest absolute Gasteiger partial charge is 0.491 e. The number of benzene rings is 2. The van der Waals surface area contributed by atoms with Crippen molar-refractivity contribution in [3.8, 4) is 5.75 Å². The van der Waals surface area contributed by atoms with Crippen molar-refractivity contribution >= 4 is 33.0 Å². The number of nitrogens with one attached hydrogen (secondary N) is 1. The summed E-state index contributed by atoms with van der Waals surface area (Å²) in [6, 6.07) is 10.7. The molecule has 1 N–H and O–H groups in total. The quantitative estimate of drug-likeness (QED) is 0.517. The number of hydrogen-bond donors (Lipinski definition) is 1. The molecule has 2 aromatic carbocycles. The smallest absolute Gasteiger partial charge is 0.274 e. The van der Waals surface area contributed by atoms with Crippen molar-refractivity contribution in [2.24, 2.45) is 0 Å². The van der Waals surface area contributed by atoms with Crippen LogP contribution in [-0.2, 0) is 14.8 Å². The van der Waals surface area contributed by atoms with Gasteiger partial charge in [0.2, 0.25) is 15.9 Å². The third-order valence-electron chi connectivity index (χ3n) is 3.94. The second-order valence-corrected chi connectivity index (χ2v) is 8.59. The molecule has 0 fully saturated rings. The molecule has 156 valence electrons. The number of nitro benzene ring substituents is 1. The van der Waals surface area contributed by atoms with E-state index in [4.69, 9.17) is 4.74 Å². The minimum Gasteiger partial charge on any atom is -0.491 e. The highest BCUT2D eigenvalue weighted by atomic mass is 32.2. The highest BCUT2D eigenvalue weighted by molar-refractivity contribution is 7.92. The maximum atomic E-state index is 12.5. The summed E-state index contributed by atoms with van der Waals surface area (Å²) >= 11 is 0. The summed E-state index contributed by atoms with van der Waals surface area (Å²) in [6.07, 6.45) is 0.952. The number of nitro groups is 1. The monoisotopic (exact) mass is 421 g/mol. The summed E-state index contributed by atoms with van der Waals surface area (Å²) in [7, 11) is -3.86. The van der Waals surface area contributed by atoms with E-state index in [0.717, 1.165) is 10.6 Å². The normalized spacial score (nSPS) is 11.2. The van der Waals surface area contributed by atoms with Gasteiger partial charge in [0, 0.05) is 11.8 Å². The van der Waals surface area contributed by atoms with Gasteiger partial charge in [-0.25, -0.2) is 8.42 Å². The summed E-state index contributed by atoms with van der Waals surface area (Å²) in [6.45, 7) is 4.71. The first-order chi connectivity index (χ1) is 13.5. The first kappa shape index (κ1) is 22.2. The molecule has 2 rings (SSSR count). The maximum absolute atomic E-state index is 12.5. The fourth-order valence-electron chi connectivity index (χ4n) is 2.68. The van der Waals surface area contributed by atoms with Crippen LogP contribution in [0.4, 0.5) is 17.1 Å². The molecule has 0 radical (unpaired) electrons. The van der Waals surface area contributed by atoms with E-state index < -0.39 is 27.4 Å². The van der Waals surface area contributed by atoms with E-state index in [1.54, 1.807) is 24.3 Å². The molecule has 0 aliphatic carbocycles. The second-order valence-electron chi connectivity index (χ2n) is 6.69. The molecule has 10 heteroatoms. The molecule has 29 heavy (non-hydrogen) atoms. The predicted molar refractivity (Wildman–Crippen MR) is 111 cm³/mol. The Labute approximate surface area is 169 Å². The van der Waals surface area contributed by atoms with Gasteiger partial charge in [0.25, 0.3) is 5.69 Å². The van der Waals surface area contributed by atoms with E-state index in [1.165, 1.54) is 25.1 Å². The summed E-state index contributed by atoms with van der Waals surface area (Å²) in [5.74, 6) is 0.0573. The van der Waals surface area contributed by atoms with Crippen LogP contribution in [0.2, 0.25) is 0 Å². The Morgan fingerprint density at radius 3 is 2.34 bits per heavy atom. The Morgan fingerprint density at radius 1 is 1.21 bits per heavy atom. The lowest BCUT2D eigenvalue weighted by molar-refractivity contribution is -0.385. The highest BCUT2D eigenvalue weighted by Crippen LogP contribution is 2.29. The predicted octanol–water partition coefficient (Wildman–Crippen LogP) is 3.10. The van der Waals surface area contributed by atoms with Gasteiger partial charge in [0.05, 0.1) is 28.5 Å². The summed E-state index contributed by atoms with van der Waals surface area (Å²) < 4.78 is 30.9. The number of nitrogens with zero attached hydrogens (tertiary/aromatic N) is 2. The molecule has 2 aromatic rings. The second kappa shape index (κ2) is 8.91. The van der Waals surface area contributed by atoms with Gasteiger partial charge in [0.15, 0.2) is 0 Å². The Balaban J connectivity index is 2.23. The van der Waals surface area contributed by atoms with E-state index in [0.29, 0.717) is 11.4 Å². The van der Waals surface area contributed by atoms with E-state index >= 15 is 0 Å². The fourth-order valence-corrected chi connectivity index (χ4v) is 3.59. The van der Waals surface area contributed by atoms with E-state index in [-0.39, 0.29) is 23.0 Å². The summed E-state index contributed by atoms with van der Waals surface area (Å²) in [5, 5.41) is 13.8. The average Bonchev–Trinajstić information content (AvgIpc) is 2.60. The topological polar surface area (TPSA) is 119 Å². The third kappa shape index (κ3) is 5.92. The van der Waals surface area contributed by atoms with E-state index in [9.17, 15) is 23.3 Å². The molecule has 0 aliphatic heterocycles. The number of sulfonamides is 1. The van der Waals surface area contributed by atoms with Crippen LogP contribution in [0.1, 0.15) is 19.4 Å². The lowest BCUT2D eigenvalue weighted by Crippen LogP contribution is -2.37. The molecule has 0 saturated carbocycles. The molecule has 0 saturated heterocycles. The minimum atomic E-state index is -3.86. The lowest BCUT2D eigenvalue weighted by atomic mass is 10.1. The standard InChI is InChI=1S/C19H23N3O6S/c1-13(2)28-16-10-8-15(9-11-16)20-19(23)12-21(29(4,26)27)17-6-5-7-18(14(17)3)22(24)25/h5-11,13H,12H2,1-4H3,(H,20,23). The molecule has 0 atom stereocenters. The van der Waals surface area contributed by atoms with Crippen LogP contribution >= 0.6 is 0 Å². The Kier molecular flexibility index (Phi) is 6.80. The van der Waals surface area contributed by atoms with Crippen molar-refractivity contribution in [1.82, 2.24) is 0 Å². The van der Waals surface area contributed by atoms with Crippen molar-refractivity contribution in [1.29, 1.82) is 0 Å². The molecule has 1 amide bonds. The first-order valence-electron chi connectivity index (χ1n) is 8.77. The molecule has 0 spiro atoms.